The number of anilines is 1. The molecule has 1 saturated heterocycles. The molecule has 4 rings (SSSR count). The monoisotopic (exact) mass is 408 g/mol. The highest BCUT2D eigenvalue weighted by Gasteiger charge is 2.27. The highest BCUT2D eigenvalue weighted by molar-refractivity contribution is 7.13. The number of piperazine rings is 1. The van der Waals surface area contributed by atoms with Crippen LogP contribution in [0.2, 0.25) is 0 Å². The van der Waals surface area contributed by atoms with Crippen LogP contribution in [0.4, 0.5) is 5.88 Å². The van der Waals surface area contributed by atoms with Gasteiger partial charge >= 0.3 is 0 Å². The molecule has 1 aliphatic heterocycles. The lowest BCUT2D eigenvalue weighted by Gasteiger charge is -2.34. The first kappa shape index (κ1) is 19.0. The van der Waals surface area contributed by atoms with Crippen LogP contribution in [0.25, 0.3) is 10.8 Å². The Balaban J connectivity index is 1.43. The molecule has 3 heterocycles. The number of rotatable bonds is 5. The number of thiophene rings is 1. The molecule has 2 aromatic heterocycles. The van der Waals surface area contributed by atoms with E-state index in [1.165, 1.54) is 11.3 Å². The minimum Gasteiger partial charge on any atom is -0.494 e. The van der Waals surface area contributed by atoms with Gasteiger partial charge in [0.15, 0.2) is 0 Å². The Hall–Kier alpha value is -3.31. The first-order valence-corrected chi connectivity index (χ1v) is 10.3. The van der Waals surface area contributed by atoms with Gasteiger partial charge in [0.25, 0.3) is 5.91 Å². The van der Waals surface area contributed by atoms with Gasteiger partial charge < -0.3 is 19.0 Å². The summed E-state index contributed by atoms with van der Waals surface area (Å²) in [5, 5.41) is 11.4. The Morgan fingerprint density at radius 3 is 2.62 bits per heavy atom. The number of amides is 1. The van der Waals surface area contributed by atoms with Crippen LogP contribution in [0.5, 0.6) is 5.75 Å². The number of hydrogen-bond acceptors (Lipinski definition) is 7. The molecule has 0 radical (unpaired) electrons. The summed E-state index contributed by atoms with van der Waals surface area (Å²) in [5.41, 5.74) is 0.916. The Bertz CT molecular complexity index is 1010. The van der Waals surface area contributed by atoms with Crippen LogP contribution in [0.15, 0.2) is 46.2 Å². The second-order valence-electron chi connectivity index (χ2n) is 6.50. The third-order valence-corrected chi connectivity index (χ3v) is 5.57. The van der Waals surface area contributed by atoms with E-state index in [0.29, 0.717) is 50.1 Å². The number of ether oxygens (including phenoxy) is 1. The second kappa shape index (κ2) is 8.37. The maximum Gasteiger partial charge on any atom is 0.253 e. The van der Waals surface area contributed by atoms with Crippen LogP contribution < -0.4 is 9.64 Å². The average Bonchev–Trinajstić information content (AvgIpc) is 3.44. The van der Waals surface area contributed by atoms with Crippen molar-refractivity contribution in [2.24, 2.45) is 0 Å². The molecule has 148 valence electrons. The van der Waals surface area contributed by atoms with E-state index >= 15 is 0 Å². The van der Waals surface area contributed by atoms with Crippen LogP contribution in [0.3, 0.4) is 0 Å². The molecule has 1 amide bonds. The topological polar surface area (TPSA) is 82.6 Å². The molecular formula is C21H20N4O3S. The number of aromatic nitrogens is 1. The normalized spacial score (nSPS) is 13.9. The van der Waals surface area contributed by atoms with E-state index in [1.54, 1.807) is 12.1 Å². The lowest BCUT2D eigenvalue weighted by atomic mass is 10.1. The maximum atomic E-state index is 12.8. The third-order valence-electron chi connectivity index (χ3n) is 4.71. The number of hydrogen-bond donors (Lipinski definition) is 0. The predicted octanol–water partition coefficient (Wildman–Crippen LogP) is 3.64. The molecule has 29 heavy (non-hydrogen) atoms. The molecule has 0 aliphatic carbocycles. The van der Waals surface area contributed by atoms with E-state index < -0.39 is 0 Å². The van der Waals surface area contributed by atoms with Gasteiger partial charge in [-0.1, -0.05) is 6.07 Å². The molecule has 1 aliphatic rings. The fourth-order valence-corrected chi connectivity index (χ4v) is 3.91. The second-order valence-corrected chi connectivity index (χ2v) is 7.45. The molecule has 3 aromatic rings. The van der Waals surface area contributed by atoms with Crippen molar-refractivity contribution in [2.75, 3.05) is 37.7 Å². The van der Waals surface area contributed by atoms with Gasteiger partial charge in [0.2, 0.25) is 17.5 Å². The molecule has 8 heteroatoms. The summed E-state index contributed by atoms with van der Waals surface area (Å²) in [6.07, 6.45) is 0. The number of carbonyl (C=O) groups excluding carboxylic acids is 1. The molecule has 0 unspecified atom stereocenters. The summed E-state index contributed by atoms with van der Waals surface area (Å²) in [6, 6.07) is 13.1. The SMILES string of the molecule is CCOc1ccc(C(=O)N2CCN(c3oc(-c4cccs4)nc3C#N)CC2)cc1. The summed E-state index contributed by atoms with van der Waals surface area (Å²) in [5.74, 6) is 1.68. The van der Waals surface area contributed by atoms with Crippen molar-refractivity contribution in [1.29, 1.82) is 5.26 Å². The number of oxazole rings is 1. The zero-order chi connectivity index (χ0) is 20.2. The molecule has 0 atom stereocenters. The smallest absolute Gasteiger partial charge is 0.253 e. The lowest BCUT2D eigenvalue weighted by molar-refractivity contribution is 0.0745. The largest absolute Gasteiger partial charge is 0.494 e. The van der Waals surface area contributed by atoms with Crippen molar-refractivity contribution < 1.29 is 13.9 Å². The molecule has 1 fully saturated rings. The summed E-state index contributed by atoms with van der Waals surface area (Å²) in [4.78, 5) is 21.8. The van der Waals surface area contributed by atoms with Crippen molar-refractivity contribution in [1.82, 2.24) is 9.88 Å². The Morgan fingerprint density at radius 2 is 2.00 bits per heavy atom. The van der Waals surface area contributed by atoms with Gasteiger partial charge in [0, 0.05) is 31.7 Å². The fourth-order valence-electron chi connectivity index (χ4n) is 3.26. The predicted molar refractivity (Wildman–Crippen MR) is 110 cm³/mol. The molecular weight excluding hydrogens is 388 g/mol. The number of carbonyl (C=O) groups is 1. The minimum atomic E-state index is -0.00921. The van der Waals surface area contributed by atoms with Crippen LogP contribution >= 0.6 is 11.3 Å². The molecule has 0 saturated carbocycles. The van der Waals surface area contributed by atoms with Gasteiger partial charge in [-0.25, -0.2) is 0 Å². The van der Waals surface area contributed by atoms with E-state index in [0.717, 1.165) is 10.6 Å². The zero-order valence-corrected chi connectivity index (χ0v) is 16.8. The quantitative estimate of drug-likeness (QED) is 0.641. The third kappa shape index (κ3) is 3.96. The van der Waals surface area contributed by atoms with Crippen molar-refractivity contribution in [2.45, 2.75) is 6.92 Å². The van der Waals surface area contributed by atoms with E-state index in [4.69, 9.17) is 9.15 Å². The van der Waals surface area contributed by atoms with Gasteiger partial charge in [-0.15, -0.1) is 11.3 Å². The van der Waals surface area contributed by atoms with Crippen LogP contribution in [-0.4, -0.2) is 48.6 Å². The average molecular weight is 408 g/mol. The maximum absolute atomic E-state index is 12.8. The Kier molecular flexibility index (Phi) is 5.49. The van der Waals surface area contributed by atoms with Gasteiger partial charge in [0.05, 0.1) is 11.5 Å². The van der Waals surface area contributed by atoms with E-state index in [2.05, 4.69) is 11.1 Å². The van der Waals surface area contributed by atoms with Crippen molar-refractivity contribution >= 4 is 23.1 Å². The minimum absolute atomic E-state index is 0.00921. The first-order valence-electron chi connectivity index (χ1n) is 9.41. The first-order chi connectivity index (χ1) is 14.2. The summed E-state index contributed by atoms with van der Waals surface area (Å²) >= 11 is 1.52. The molecule has 1 aromatic carbocycles. The van der Waals surface area contributed by atoms with Crippen molar-refractivity contribution in [3.05, 3.63) is 53.0 Å². The van der Waals surface area contributed by atoms with Crippen LogP contribution in [0.1, 0.15) is 23.0 Å². The van der Waals surface area contributed by atoms with Gasteiger partial charge in [-0.2, -0.15) is 10.2 Å². The highest BCUT2D eigenvalue weighted by atomic mass is 32.1. The molecule has 0 bridgehead atoms. The Morgan fingerprint density at radius 1 is 1.24 bits per heavy atom. The lowest BCUT2D eigenvalue weighted by Crippen LogP contribution is -2.48. The van der Waals surface area contributed by atoms with Crippen LogP contribution in [0, 0.1) is 11.3 Å². The fraction of sp³-hybridized carbons (Fsp3) is 0.286. The van der Waals surface area contributed by atoms with E-state index in [1.807, 2.05) is 46.4 Å². The zero-order valence-electron chi connectivity index (χ0n) is 16.0. The number of nitriles is 1. The van der Waals surface area contributed by atoms with Gasteiger partial charge in [0.1, 0.15) is 11.8 Å². The van der Waals surface area contributed by atoms with E-state index in [9.17, 15) is 10.1 Å². The van der Waals surface area contributed by atoms with Crippen LogP contribution in [-0.2, 0) is 0 Å². The number of benzene rings is 1. The Labute approximate surface area is 172 Å². The van der Waals surface area contributed by atoms with Crippen molar-refractivity contribution in [3.8, 4) is 22.6 Å². The standard InChI is InChI=1S/C21H20N4O3S/c1-2-27-16-7-5-15(6-8-16)20(26)24-9-11-25(12-10-24)21-17(14-22)23-19(28-21)18-4-3-13-29-18/h3-8,13H,2,9-12H2,1H3. The summed E-state index contributed by atoms with van der Waals surface area (Å²) in [6.45, 7) is 4.77. The van der Waals surface area contributed by atoms with Gasteiger partial charge in [-0.05, 0) is 42.6 Å². The number of nitrogens with zero attached hydrogens (tertiary/aromatic N) is 4. The summed E-state index contributed by atoms with van der Waals surface area (Å²) in [7, 11) is 0. The van der Waals surface area contributed by atoms with Crippen molar-refractivity contribution in [3.63, 3.8) is 0 Å². The summed E-state index contributed by atoms with van der Waals surface area (Å²) < 4.78 is 11.3. The molecule has 0 N–H and O–H groups in total. The molecule has 0 spiro atoms. The highest BCUT2D eigenvalue weighted by Crippen LogP contribution is 2.31. The molecule has 7 nitrogen and oxygen atoms in total. The van der Waals surface area contributed by atoms with E-state index in [-0.39, 0.29) is 11.6 Å². The van der Waals surface area contributed by atoms with Gasteiger partial charge in [-0.3, -0.25) is 4.79 Å².